The van der Waals surface area contributed by atoms with Crippen LogP contribution in [0.2, 0.25) is 0 Å². The van der Waals surface area contributed by atoms with Gasteiger partial charge in [0.05, 0.1) is 6.61 Å². The lowest BCUT2D eigenvalue weighted by molar-refractivity contribution is -0.142. The van der Waals surface area contributed by atoms with Gasteiger partial charge in [-0.3, -0.25) is 0 Å². The van der Waals surface area contributed by atoms with Crippen molar-refractivity contribution >= 4 is 16.0 Å². The maximum absolute atomic E-state index is 11.8. The largest absolute Gasteiger partial charge is 0.480 e. The fourth-order valence-corrected chi connectivity index (χ4v) is 2.29. The van der Waals surface area contributed by atoms with Crippen LogP contribution in [-0.2, 0) is 19.6 Å². The van der Waals surface area contributed by atoms with Gasteiger partial charge in [-0.15, -0.1) is 0 Å². The average molecular weight is 285 g/mol. The van der Waals surface area contributed by atoms with Gasteiger partial charge in [-0.05, 0) is 12.1 Å². The lowest BCUT2D eigenvalue weighted by atomic mass is 10.4. The summed E-state index contributed by atoms with van der Waals surface area (Å²) in [6, 6.07) is 4.33. The molecule has 1 rings (SSSR count). The second-order valence-electron chi connectivity index (χ2n) is 3.31. The first-order valence-corrected chi connectivity index (χ1v) is 6.60. The van der Waals surface area contributed by atoms with E-state index in [1.54, 1.807) is 6.07 Å². The van der Waals surface area contributed by atoms with Crippen LogP contribution in [0.25, 0.3) is 0 Å². The fraction of sp³-hybridized carbons (Fsp3) is 0.300. The Hall–Kier alpha value is -2.02. The van der Waals surface area contributed by atoms with Crippen molar-refractivity contribution in [1.29, 1.82) is 5.26 Å². The lowest BCUT2D eigenvalue weighted by Crippen LogP contribution is -2.28. The van der Waals surface area contributed by atoms with Crippen molar-refractivity contribution in [3.8, 4) is 6.07 Å². The molecular weight excluding hydrogens is 274 g/mol. The van der Waals surface area contributed by atoms with Gasteiger partial charge in [-0.1, -0.05) is 0 Å². The molecule has 1 aromatic heterocycles. The van der Waals surface area contributed by atoms with Crippen LogP contribution in [0.5, 0.6) is 0 Å². The predicted octanol–water partition coefficient (Wildman–Crippen LogP) is -0.667. The highest BCUT2D eigenvalue weighted by molar-refractivity contribution is 7.89. The number of hydrogen-bond donors (Lipinski definition) is 2. The number of aromatic nitrogens is 1. The number of aliphatic carboxylic acids is 1. The molecule has 102 valence electrons. The van der Waals surface area contributed by atoms with Gasteiger partial charge < -0.3 is 9.84 Å². The molecule has 0 fully saturated rings. The third-order valence-corrected chi connectivity index (χ3v) is 3.42. The molecule has 0 saturated heterocycles. The number of hydrogen-bond acceptors (Lipinski definition) is 6. The molecule has 2 N–H and O–H groups in total. The number of carboxylic acid groups (broad SMARTS) is 1. The molecule has 9 heteroatoms. The molecule has 0 radical (unpaired) electrons. The molecule has 0 saturated carbocycles. The second kappa shape index (κ2) is 6.79. The number of pyridine rings is 1. The number of nitriles is 1. The van der Waals surface area contributed by atoms with E-state index < -0.39 is 22.6 Å². The number of nitrogens with one attached hydrogen (secondary N) is 1. The Labute approximate surface area is 109 Å². The Morgan fingerprint density at radius 2 is 2.32 bits per heavy atom. The molecule has 19 heavy (non-hydrogen) atoms. The summed E-state index contributed by atoms with van der Waals surface area (Å²) in [6.07, 6.45) is 1.31. The molecular formula is C10H11N3O5S. The number of carbonyl (C=O) groups is 1. The molecule has 0 bridgehead atoms. The van der Waals surface area contributed by atoms with Crippen molar-refractivity contribution in [2.45, 2.75) is 4.90 Å². The molecule has 8 nitrogen and oxygen atoms in total. The minimum Gasteiger partial charge on any atom is -0.480 e. The second-order valence-corrected chi connectivity index (χ2v) is 5.04. The van der Waals surface area contributed by atoms with Crippen molar-refractivity contribution in [3.05, 3.63) is 24.0 Å². The molecule has 0 unspecified atom stereocenters. The van der Waals surface area contributed by atoms with Gasteiger partial charge in [0.1, 0.15) is 17.6 Å². The normalized spacial score (nSPS) is 10.9. The highest BCUT2D eigenvalue weighted by Gasteiger charge is 2.18. The highest BCUT2D eigenvalue weighted by Crippen LogP contribution is 2.11. The van der Waals surface area contributed by atoms with E-state index in [1.165, 1.54) is 18.3 Å². The zero-order valence-electron chi connectivity index (χ0n) is 9.74. The standard InChI is InChI=1S/C10H11N3O5S/c11-6-8-9(2-1-3-12-8)19(16,17)13-4-5-18-7-10(14)15/h1-3,13H,4-5,7H2,(H,14,15). The van der Waals surface area contributed by atoms with Crippen LogP contribution in [0, 0.1) is 11.3 Å². The van der Waals surface area contributed by atoms with Crippen LogP contribution >= 0.6 is 0 Å². The average Bonchev–Trinajstić information content (AvgIpc) is 2.37. The Bertz CT molecular complexity index is 593. The molecule has 1 heterocycles. The lowest BCUT2D eigenvalue weighted by Gasteiger charge is -2.07. The summed E-state index contributed by atoms with van der Waals surface area (Å²) in [5.41, 5.74) is -0.207. The zero-order chi connectivity index (χ0) is 14.3. The Balaban J connectivity index is 2.62. The van der Waals surface area contributed by atoms with Crippen LogP contribution in [-0.4, -0.2) is 44.2 Å². The molecule has 0 aromatic carbocycles. The molecule has 0 aliphatic rings. The van der Waals surface area contributed by atoms with Gasteiger partial charge in [-0.2, -0.15) is 5.26 Å². The molecule has 0 spiro atoms. The van der Waals surface area contributed by atoms with Crippen molar-refractivity contribution in [2.75, 3.05) is 19.8 Å². The van der Waals surface area contributed by atoms with Gasteiger partial charge in [0.15, 0.2) is 5.69 Å². The molecule has 0 atom stereocenters. The van der Waals surface area contributed by atoms with E-state index in [4.69, 9.17) is 10.4 Å². The number of sulfonamides is 1. The monoisotopic (exact) mass is 285 g/mol. The van der Waals surface area contributed by atoms with E-state index in [1.807, 2.05) is 0 Å². The van der Waals surface area contributed by atoms with Gasteiger partial charge in [0.25, 0.3) is 0 Å². The predicted molar refractivity (Wildman–Crippen MR) is 62.6 cm³/mol. The number of ether oxygens (including phenoxy) is 1. The van der Waals surface area contributed by atoms with Crippen LogP contribution in [0.3, 0.4) is 0 Å². The summed E-state index contributed by atoms with van der Waals surface area (Å²) in [7, 11) is -3.87. The Morgan fingerprint density at radius 1 is 1.58 bits per heavy atom. The molecule has 1 aromatic rings. The van der Waals surface area contributed by atoms with E-state index in [9.17, 15) is 13.2 Å². The van der Waals surface area contributed by atoms with Crippen LogP contribution in [0.15, 0.2) is 23.2 Å². The van der Waals surface area contributed by atoms with Gasteiger partial charge in [-0.25, -0.2) is 22.9 Å². The van der Waals surface area contributed by atoms with Crippen molar-refractivity contribution < 1.29 is 23.1 Å². The highest BCUT2D eigenvalue weighted by atomic mass is 32.2. The summed E-state index contributed by atoms with van der Waals surface area (Å²) in [4.78, 5) is 13.6. The fourth-order valence-electron chi connectivity index (χ4n) is 1.18. The van der Waals surface area contributed by atoms with E-state index >= 15 is 0 Å². The first-order chi connectivity index (χ1) is 8.97. The first kappa shape index (κ1) is 15.0. The minimum absolute atomic E-state index is 0.0896. The van der Waals surface area contributed by atoms with Crippen LogP contribution < -0.4 is 4.72 Å². The van der Waals surface area contributed by atoms with Crippen LogP contribution in [0.4, 0.5) is 0 Å². The van der Waals surface area contributed by atoms with Gasteiger partial charge in [0.2, 0.25) is 10.0 Å². The maximum Gasteiger partial charge on any atom is 0.329 e. The van der Waals surface area contributed by atoms with E-state index in [0.29, 0.717) is 0 Å². The topological polar surface area (TPSA) is 129 Å². The van der Waals surface area contributed by atoms with Gasteiger partial charge in [0, 0.05) is 12.7 Å². The first-order valence-electron chi connectivity index (χ1n) is 5.11. The quantitative estimate of drug-likeness (QED) is 0.635. The summed E-state index contributed by atoms with van der Waals surface area (Å²) in [5, 5.41) is 17.1. The smallest absolute Gasteiger partial charge is 0.329 e. The van der Waals surface area contributed by atoms with Crippen molar-refractivity contribution in [2.24, 2.45) is 0 Å². The number of rotatable bonds is 7. The minimum atomic E-state index is -3.87. The van der Waals surface area contributed by atoms with E-state index in [0.717, 1.165) is 0 Å². The summed E-state index contributed by atoms with van der Waals surface area (Å²) < 4.78 is 30.5. The maximum atomic E-state index is 11.8. The third-order valence-electron chi connectivity index (χ3n) is 1.93. The molecule has 0 amide bonds. The number of carboxylic acids is 1. The van der Waals surface area contributed by atoms with E-state index in [2.05, 4.69) is 14.4 Å². The summed E-state index contributed by atoms with van der Waals surface area (Å²) in [6.45, 7) is -0.693. The molecule has 0 aliphatic heterocycles. The molecule has 0 aliphatic carbocycles. The third kappa shape index (κ3) is 4.63. The Kier molecular flexibility index (Phi) is 5.37. The van der Waals surface area contributed by atoms with E-state index in [-0.39, 0.29) is 23.7 Å². The zero-order valence-corrected chi connectivity index (χ0v) is 10.6. The van der Waals surface area contributed by atoms with Crippen molar-refractivity contribution in [3.63, 3.8) is 0 Å². The Morgan fingerprint density at radius 3 is 2.95 bits per heavy atom. The van der Waals surface area contributed by atoms with Crippen LogP contribution in [0.1, 0.15) is 5.69 Å². The summed E-state index contributed by atoms with van der Waals surface area (Å²) >= 11 is 0. The SMILES string of the molecule is N#Cc1ncccc1S(=O)(=O)NCCOCC(=O)O. The van der Waals surface area contributed by atoms with Gasteiger partial charge >= 0.3 is 5.97 Å². The van der Waals surface area contributed by atoms with Crippen molar-refractivity contribution in [1.82, 2.24) is 9.71 Å². The number of nitrogens with zero attached hydrogens (tertiary/aromatic N) is 2. The summed E-state index contributed by atoms with van der Waals surface area (Å²) in [5.74, 6) is -1.14.